The number of nitrogens with two attached hydrogens (primary N) is 1. The van der Waals surface area contributed by atoms with E-state index in [1.165, 1.54) is 4.31 Å². The van der Waals surface area contributed by atoms with E-state index >= 15 is 0 Å². The van der Waals surface area contributed by atoms with Crippen molar-refractivity contribution >= 4 is 15.9 Å². The third-order valence-corrected chi connectivity index (χ3v) is 7.02. The summed E-state index contributed by atoms with van der Waals surface area (Å²) >= 11 is 0. The number of amides is 1. The number of rotatable bonds is 7. The highest BCUT2D eigenvalue weighted by atomic mass is 32.2. The van der Waals surface area contributed by atoms with E-state index in [0.29, 0.717) is 49.8 Å². The summed E-state index contributed by atoms with van der Waals surface area (Å²) in [5.41, 5.74) is 6.84. The van der Waals surface area contributed by atoms with Crippen molar-refractivity contribution in [1.82, 2.24) is 9.21 Å². The molecule has 0 aliphatic carbocycles. The topological polar surface area (TPSA) is 83.7 Å². The fraction of sp³-hybridized carbons (Fsp3) is 0.632. The maximum Gasteiger partial charge on any atom is 0.243 e. The van der Waals surface area contributed by atoms with Crippen molar-refractivity contribution in [3.05, 3.63) is 29.8 Å². The van der Waals surface area contributed by atoms with Gasteiger partial charge in [0.2, 0.25) is 15.9 Å². The van der Waals surface area contributed by atoms with E-state index in [1.807, 2.05) is 19.1 Å². The Morgan fingerprint density at radius 1 is 1.12 bits per heavy atom. The van der Waals surface area contributed by atoms with Crippen LogP contribution in [0.5, 0.6) is 0 Å². The molecule has 0 radical (unpaired) electrons. The molecule has 1 fully saturated rings. The SMILES string of the molecule is CCC(C)c1ccc(S(=O)(=O)N2CCN(C(=O)CCC(C)N)CC2)cc1. The molecule has 2 N–H and O–H groups in total. The molecule has 2 unspecified atom stereocenters. The van der Waals surface area contributed by atoms with E-state index in [4.69, 9.17) is 5.73 Å². The quantitative estimate of drug-likeness (QED) is 0.784. The summed E-state index contributed by atoms with van der Waals surface area (Å²) < 4.78 is 27.1. The summed E-state index contributed by atoms with van der Waals surface area (Å²) in [5.74, 6) is 0.467. The van der Waals surface area contributed by atoms with Crippen molar-refractivity contribution < 1.29 is 13.2 Å². The van der Waals surface area contributed by atoms with Crippen molar-refractivity contribution in [3.63, 3.8) is 0 Å². The minimum Gasteiger partial charge on any atom is -0.340 e. The summed E-state index contributed by atoms with van der Waals surface area (Å²) in [6, 6.07) is 7.18. The Morgan fingerprint density at radius 3 is 2.19 bits per heavy atom. The second-order valence-corrected chi connectivity index (χ2v) is 9.12. The van der Waals surface area contributed by atoms with Gasteiger partial charge in [-0.1, -0.05) is 26.0 Å². The van der Waals surface area contributed by atoms with Gasteiger partial charge in [-0.15, -0.1) is 0 Å². The van der Waals surface area contributed by atoms with Crippen LogP contribution in [0.1, 0.15) is 51.5 Å². The van der Waals surface area contributed by atoms with Crippen LogP contribution in [0.3, 0.4) is 0 Å². The van der Waals surface area contributed by atoms with Crippen molar-refractivity contribution in [3.8, 4) is 0 Å². The molecule has 1 aliphatic heterocycles. The highest BCUT2D eigenvalue weighted by Gasteiger charge is 2.30. The van der Waals surface area contributed by atoms with E-state index in [2.05, 4.69) is 13.8 Å². The van der Waals surface area contributed by atoms with E-state index in [9.17, 15) is 13.2 Å². The van der Waals surface area contributed by atoms with Gasteiger partial charge >= 0.3 is 0 Å². The summed E-state index contributed by atoms with van der Waals surface area (Å²) in [4.78, 5) is 14.2. The fourth-order valence-corrected chi connectivity index (χ4v) is 4.46. The molecule has 146 valence electrons. The van der Waals surface area contributed by atoms with E-state index in [-0.39, 0.29) is 11.9 Å². The maximum absolute atomic E-state index is 12.8. The van der Waals surface area contributed by atoms with Gasteiger partial charge in [-0.2, -0.15) is 4.31 Å². The van der Waals surface area contributed by atoms with Gasteiger partial charge in [0.1, 0.15) is 0 Å². The largest absolute Gasteiger partial charge is 0.340 e. The summed E-state index contributed by atoms with van der Waals surface area (Å²) in [7, 11) is -3.51. The second kappa shape index (κ2) is 8.97. The summed E-state index contributed by atoms with van der Waals surface area (Å²) in [6.45, 7) is 7.66. The lowest BCUT2D eigenvalue weighted by atomic mass is 9.99. The van der Waals surface area contributed by atoms with Crippen LogP contribution in [0.2, 0.25) is 0 Å². The molecule has 1 aromatic carbocycles. The van der Waals surface area contributed by atoms with Crippen molar-refractivity contribution in [1.29, 1.82) is 0 Å². The van der Waals surface area contributed by atoms with Crippen molar-refractivity contribution in [2.24, 2.45) is 5.73 Å². The Balaban J connectivity index is 1.98. The van der Waals surface area contributed by atoms with Gasteiger partial charge in [-0.05, 0) is 43.4 Å². The number of hydrogen-bond acceptors (Lipinski definition) is 4. The minimum atomic E-state index is -3.51. The van der Waals surface area contributed by atoms with E-state index < -0.39 is 10.0 Å². The van der Waals surface area contributed by atoms with E-state index in [0.717, 1.165) is 12.0 Å². The average molecular weight is 382 g/mol. The molecule has 7 heteroatoms. The molecule has 2 rings (SSSR count). The number of nitrogens with zero attached hydrogens (tertiary/aromatic N) is 2. The Bertz CT molecular complexity index is 693. The number of benzene rings is 1. The Hall–Kier alpha value is -1.44. The lowest BCUT2D eigenvalue weighted by molar-refractivity contribution is -0.132. The van der Waals surface area contributed by atoms with Crippen molar-refractivity contribution in [2.75, 3.05) is 26.2 Å². The standard InChI is InChI=1S/C19H31N3O3S/c1-4-15(2)17-6-8-18(9-7-17)26(24,25)22-13-11-21(12-14-22)19(23)10-5-16(3)20/h6-9,15-16H,4-5,10-14,20H2,1-3H3. The normalized spacial score (nSPS) is 18.5. The molecule has 2 atom stereocenters. The third kappa shape index (κ3) is 5.05. The number of hydrogen-bond donors (Lipinski definition) is 1. The highest BCUT2D eigenvalue weighted by Crippen LogP contribution is 2.23. The van der Waals surface area contributed by atoms with Crippen LogP contribution in [0.25, 0.3) is 0 Å². The van der Waals surface area contributed by atoms with Gasteiger partial charge in [-0.3, -0.25) is 4.79 Å². The van der Waals surface area contributed by atoms with E-state index in [1.54, 1.807) is 17.0 Å². The van der Waals surface area contributed by atoms with Gasteiger partial charge in [0, 0.05) is 38.6 Å². The van der Waals surface area contributed by atoms with Gasteiger partial charge in [-0.25, -0.2) is 8.42 Å². The Morgan fingerprint density at radius 2 is 1.69 bits per heavy atom. The first-order valence-electron chi connectivity index (χ1n) is 9.39. The molecule has 0 aromatic heterocycles. The van der Waals surface area contributed by atoms with Gasteiger partial charge < -0.3 is 10.6 Å². The molecule has 1 aromatic rings. The molecule has 1 aliphatic rings. The minimum absolute atomic E-state index is 0.000912. The number of carbonyl (C=O) groups excluding carboxylic acids is 1. The summed E-state index contributed by atoms with van der Waals surface area (Å²) in [5, 5.41) is 0. The first-order valence-corrected chi connectivity index (χ1v) is 10.8. The van der Waals surface area contributed by atoms with Crippen LogP contribution in [-0.4, -0.2) is 55.8 Å². The first-order chi connectivity index (χ1) is 12.3. The number of piperazine rings is 1. The Kier molecular flexibility index (Phi) is 7.20. The fourth-order valence-electron chi connectivity index (χ4n) is 3.04. The third-order valence-electron chi connectivity index (χ3n) is 5.10. The average Bonchev–Trinajstić information content (AvgIpc) is 2.65. The molecule has 1 heterocycles. The van der Waals surface area contributed by atoms with Crippen LogP contribution in [-0.2, 0) is 14.8 Å². The lowest BCUT2D eigenvalue weighted by Crippen LogP contribution is -2.50. The summed E-state index contributed by atoms with van der Waals surface area (Å²) in [6.07, 6.45) is 2.09. The zero-order valence-corrected chi connectivity index (χ0v) is 16.8. The predicted molar refractivity (Wildman–Crippen MR) is 103 cm³/mol. The van der Waals surface area contributed by atoms with Crippen LogP contribution >= 0.6 is 0 Å². The van der Waals surface area contributed by atoms with Crippen LogP contribution in [0.4, 0.5) is 0 Å². The van der Waals surface area contributed by atoms with Crippen LogP contribution < -0.4 is 5.73 Å². The molecular weight excluding hydrogens is 350 g/mol. The molecule has 0 spiro atoms. The first kappa shape index (κ1) is 20.9. The molecule has 1 amide bonds. The zero-order chi connectivity index (χ0) is 19.3. The molecule has 26 heavy (non-hydrogen) atoms. The lowest BCUT2D eigenvalue weighted by Gasteiger charge is -2.34. The molecule has 6 nitrogen and oxygen atoms in total. The van der Waals surface area contributed by atoms with Crippen LogP contribution in [0, 0.1) is 0 Å². The highest BCUT2D eigenvalue weighted by molar-refractivity contribution is 7.89. The predicted octanol–water partition coefficient (Wildman–Crippen LogP) is 2.16. The van der Waals surface area contributed by atoms with Gasteiger partial charge in [0.05, 0.1) is 4.90 Å². The maximum atomic E-state index is 12.8. The van der Waals surface area contributed by atoms with Gasteiger partial charge in [0.15, 0.2) is 0 Å². The number of sulfonamides is 1. The smallest absolute Gasteiger partial charge is 0.243 e. The zero-order valence-electron chi connectivity index (χ0n) is 16.0. The molecule has 0 bridgehead atoms. The number of carbonyl (C=O) groups is 1. The second-order valence-electron chi connectivity index (χ2n) is 7.18. The van der Waals surface area contributed by atoms with Crippen LogP contribution in [0.15, 0.2) is 29.2 Å². The monoisotopic (exact) mass is 381 g/mol. The van der Waals surface area contributed by atoms with Gasteiger partial charge in [0.25, 0.3) is 0 Å². The molecule has 0 saturated carbocycles. The molecule has 1 saturated heterocycles. The van der Waals surface area contributed by atoms with Crippen molar-refractivity contribution in [2.45, 2.75) is 56.9 Å². The Labute approximate surface area is 157 Å². The molecular formula is C19H31N3O3S.